The molecule has 3 rings (SSSR count). The Morgan fingerprint density at radius 2 is 1.94 bits per heavy atom. The molecule has 1 saturated heterocycles. The van der Waals surface area contributed by atoms with Gasteiger partial charge in [-0.2, -0.15) is 0 Å². The highest BCUT2D eigenvalue weighted by Gasteiger charge is 2.67. The molecule has 0 aromatic heterocycles. The zero-order valence-corrected chi connectivity index (χ0v) is 18.7. The fourth-order valence-electron chi connectivity index (χ4n) is 4.24. The van der Waals surface area contributed by atoms with Gasteiger partial charge in [0.15, 0.2) is 0 Å². The first-order valence-electron chi connectivity index (χ1n) is 11.1. The average molecular weight is 462 g/mol. The van der Waals surface area contributed by atoms with E-state index in [0.29, 0.717) is 19.4 Å². The van der Waals surface area contributed by atoms with E-state index in [1.807, 2.05) is 30.3 Å². The van der Waals surface area contributed by atoms with Crippen molar-refractivity contribution < 1.29 is 38.5 Å². The molecule has 3 atom stereocenters. The maximum Gasteiger partial charge on any atom is 0.332 e. The highest BCUT2D eigenvalue weighted by molar-refractivity contribution is 5.89. The number of nitrogens with zero attached hydrogens (tertiary/aromatic N) is 1. The third-order valence-electron chi connectivity index (χ3n) is 5.90. The molecule has 1 aromatic rings. The Morgan fingerprint density at radius 1 is 1.18 bits per heavy atom. The highest BCUT2D eigenvalue weighted by atomic mass is 16.6. The van der Waals surface area contributed by atoms with E-state index in [-0.39, 0.29) is 51.2 Å². The molecule has 180 valence electrons. The van der Waals surface area contributed by atoms with Gasteiger partial charge in [-0.05, 0) is 38.3 Å². The van der Waals surface area contributed by atoms with Crippen LogP contribution in [0.2, 0.25) is 0 Å². The fraction of sp³-hybridized carbons (Fsp3) is 0.565. The van der Waals surface area contributed by atoms with Crippen molar-refractivity contribution >= 4 is 23.8 Å². The monoisotopic (exact) mass is 462 g/mol. The number of rotatable bonds is 13. The molecule has 0 radical (unpaired) electrons. The smallest absolute Gasteiger partial charge is 0.332 e. The molecule has 0 bridgehead atoms. The first-order chi connectivity index (χ1) is 15.9. The third kappa shape index (κ3) is 6.44. The van der Waals surface area contributed by atoms with E-state index < -0.39 is 29.3 Å². The van der Waals surface area contributed by atoms with Crippen molar-refractivity contribution in [2.75, 3.05) is 33.0 Å². The molecule has 2 amide bonds. The standard InChI is InChI=1S/C23H30N2O8/c1-2-32-21(28)14-31-15-23-11-17(22(29)30)25(18(23)12-23)20(27)13-24-19(26)9-6-10-33-16-7-4-3-5-8-16/h3-5,7-8,17-18H,2,6,9-15H2,1H3,(H,24,26)(H,29,30)/t17-,18-,23+/m0/s1. The number of piperidine rings is 1. The number of carboxylic acids is 1. The molecule has 1 aliphatic carbocycles. The van der Waals surface area contributed by atoms with E-state index in [0.717, 1.165) is 5.75 Å². The maximum atomic E-state index is 12.7. The highest BCUT2D eigenvalue weighted by Crippen LogP contribution is 2.59. The van der Waals surface area contributed by atoms with Gasteiger partial charge in [0.1, 0.15) is 18.4 Å². The number of aliphatic carboxylic acids is 1. The number of carboxylic acid groups (broad SMARTS) is 1. The normalized spacial score (nSPS) is 22.9. The van der Waals surface area contributed by atoms with Crippen molar-refractivity contribution in [3.05, 3.63) is 30.3 Å². The van der Waals surface area contributed by atoms with Gasteiger partial charge in [-0.15, -0.1) is 0 Å². The van der Waals surface area contributed by atoms with Crippen LogP contribution >= 0.6 is 0 Å². The van der Waals surface area contributed by atoms with Crippen LogP contribution in [0, 0.1) is 5.41 Å². The van der Waals surface area contributed by atoms with Crippen LogP contribution in [-0.4, -0.2) is 78.8 Å². The van der Waals surface area contributed by atoms with E-state index in [1.165, 1.54) is 4.90 Å². The molecule has 10 heteroatoms. The number of ether oxygens (including phenoxy) is 3. The van der Waals surface area contributed by atoms with Crippen molar-refractivity contribution in [1.29, 1.82) is 0 Å². The fourth-order valence-corrected chi connectivity index (χ4v) is 4.24. The summed E-state index contributed by atoms with van der Waals surface area (Å²) < 4.78 is 15.8. The topological polar surface area (TPSA) is 131 Å². The molecule has 1 heterocycles. The molecule has 0 unspecified atom stereocenters. The molecule has 2 aliphatic rings. The number of para-hydroxylation sites is 1. The van der Waals surface area contributed by atoms with Gasteiger partial charge in [0, 0.05) is 17.9 Å². The summed E-state index contributed by atoms with van der Waals surface area (Å²) in [5.74, 6) is -1.59. The van der Waals surface area contributed by atoms with Crippen LogP contribution in [0.5, 0.6) is 5.75 Å². The largest absolute Gasteiger partial charge is 0.494 e. The first kappa shape index (κ1) is 24.5. The van der Waals surface area contributed by atoms with E-state index >= 15 is 0 Å². The van der Waals surface area contributed by atoms with Gasteiger partial charge in [-0.3, -0.25) is 9.59 Å². The maximum absolute atomic E-state index is 12.7. The molecule has 33 heavy (non-hydrogen) atoms. The van der Waals surface area contributed by atoms with Crippen LogP contribution in [0.1, 0.15) is 32.6 Å². The van der Waals surface area contributed by atoms with Gasteiger partial charge < -0.3 is 29.5 Å². The molecular weight excluding hydrogens is 432 g/mol. The second kappa shape index (κ2) is 11.1. The van der Waals surface area contributed by atoms with Crippen LogP contribution in [0.25, 0.3) is 0 Å². The van der Waals surface area contributed by atoms with Crippen molar-refractivity contribution in [3.63, 3.8) is 0 Å². The Labute approximate surface area is 192 Å². The minimum Gasteiger partial charge on any atom is -0.494 e. The number of hydrogen-bond acceptors (Lipinski definition) is 7. The number of nitrogens with one attached hydrogen (secondary N) is 1. The Hall–Kier alpha value is -3.14. The minimum atomic E-state index is -1.09. The van der Waals surface area contributed by atoms with Gasteiger partial charge in [0.05, 0.1) is 26.4 Å². The molecule has 0 spiro atoms. The summed E-state index contributed by atoms with van der Waals surface area (Å²) in [5.41, 5.74) is -0.468. The van der Waals surface area contributed by atoms with E-state index in [1.54, 1.807) is 6.92 Å². The Morgan fingerprint density at radius 3 is 2.64 bits per heavy atom. The number of carbonyl (C=O) groups excluding carboxylic acids is 3. The summed E-state index contributed by atoms with van der Waals surface area (Å²) in [4.78, 5) is 49.3. The van der Waals surface area contributed by atoms with Crippen LogP contribution in [0.15, 0.2) is 30.3 Å². The number of fused-ring (bicyclic) bond motifs is 1. The van der Waals surface area contributed by atoms with Crippen LogP contribution < -0.4 is 10.1 Å². The SMILES string of the molecule is CCOC(=O)COC[C@@]12C[C@@H]1N(C(=O)CNC(=O)CCCOc1ccccc1)[C@H](C(=O)O)C2. The van der Waals surface area contributed by atoms with Crippen molar-refractivity contribution in [3.8, 4) is 5.75 Å². The molecule has 10 nitrogen and oxygen atoms in total. The Balaban J connectivity index is 1.41. The lowest BCUT2D eigenvalue weighted by molar-refractivity contribution is -0.150. The summed E-state index contributed by atoms with van der Waals surface area (Å²) in [5, 5.41) is 12.1. The second-order valence-corrected chi connectivity index (χ2v) is 8.28. The summed E-state index contributed by atoms with van der Waals surface area (Å²) >= 11 is 0. The van der Waals surface area contributed by atoms with Gasteiger partial charge in [0.2, 0.25) is 11.8 Å². The van der Waals surface area contributed by atoms with Crippen molar-refractivity contribution in [1.82, 2.24) is 10.2 Å². The summed E-state index contributed by atoms with van der Waals surface area (Å²) in [6.45, 7) is 2.02. The predicted molar refractivity (Wildman–Crippen MR) is 115 cm³/mol. The molecule has 2 fully saturated rings. The average Bonchev–Trinajstić information content (AvgIpc) is 3.39. The van der Waals surface area contributed by atoms with Crippen molar-refractivity contribution in [2.45, 2.75) is 44.7 Å². The summed E-state index contributed by atoms with van der Waals surface area (Å²) in [7, 11) is 0. The van der Waals surface area contributed by atoms with Crippen LogP contribution in [0.3, 0.4) is 0 Å². The quantitative estimate of drug-likeness (QED) is 0.328. The summed E-state index contributed by atoms with van der Waals surface area (Å²) in [6, 6.07) is 8.01. The number of benzene rings is 1. The number of likely N-dealkylation sites (tertiary alicyclic amines) is 1. The van der Waals surface area contributed by atoms with E-state index in [2.05, 4.69) is 5.32 Å². The van der Waals surface area contributed by atoms with Crippen LogP contribution in [0.4, 0.5) is 0 Å². The van der Waals surface area contributed by atoms with Gasteiger partial charge in [0.25, 0.3) is 0 Å². The van der Waals surface area contributed by atoms with Gasteiger partial charge in [-0.25, -0.2) is 9.59 Å². The Bertz CT molecular complexity index is 861. The lowest BCUT2D eigenvalue weighted by Crippen LogP contribution is -2.47. The lowest BCUT2D eigenvalue weighted by Gasteiger charge is -2.24. The lowest BCUT2D eigenvalue weighted by atomic mass is 10.0. The Kier molecular flexibility index (Phi) is 8.26. The molecule has 1 saturated carbocycles. The van der Waals surface area contributed by atoms with E-state index in [4.69, 9.17) is 14.2 Å². The molecule has 2 N–H and O–H groups in total. The molecule has 1 aliphatic heterocycles. The first-order valence-corrected chi connectivity index (χ1v) is 11.1. The third-order valence-corrected chi connectivity index (χ3v) is 5.90. The molecular formula is C23H30N2O8. The van der Waals surface area contributed by atoms with Crippen molar-refractivity contribution in [2.24, 2.45) is 5.41 Å². The molecule has 1 aromatic carbocycles. The number of esters is 1. The summed E-state index contributed by atoms with van der Waals surface area (Å²) in [6.07, 6.45) is 1.54. The van der Waals surface area contributed by atoms with Gasteiger partial charge in [-0.1, -0.05) is 18.2 Å². The zero-order valence-electron chi connectivity index (χ0n) is 18.7. The van der Waals surface area contributed by atoms with Gasteiger partial charge >= 0.3 is 11.9 Å². The number of hydrogen-bond donors (Lipinski definition) is 2. The van der Waals surface area contributed by atoms with Crippen LogP contribution in [-0.2, 0) is 28.7 Å². The zero-order chi connectivity index (χ0) is 23.8. The second-order valence-electron chi connectivity index (χ2n) is 8.28. The predicted octanol–water partition coefficient (Wildman–Crippen LogP) is 0.986. The van der Waals surface area contributed by atoms with E-state index in [9.17, 15) is 24.3 Å². The number of carbonyl (C=O) groups is 4. The minimum absolute atomic E-state index is 0.178. The number of amides is 2.